The zero-order chi connectivity index (χ0) is 18.0. The van der Waals surface area contributed by atoms with E-state index in [2.05, 4.69) is 5.32 Å². The van der Waals surface area contributed by atoms with Crippen molar-refractivity contribution in [3.05, 3.63) is 52.8 Å². The van der Waals surface area contributed by atoms with Crippen LogP contribution in [0.5, 0.6) is 5.75 Å². The second-order valence-corrected chi connectivity index (χ2v) is 6.30. The van der Waals surface area contributed by atoms with E-state index < -0.39 is 17.1 Å². The summed E-state index contributed by atoms with van der Waals surface area (Å²) in [6, 6.07) is 9.32. The molecule has 1 aromatic heterocycles. The van der Waals surface area contributed by atoms with Crippen molar-refractivity contribution in [2.45, 2.75) is 6.92 Å². The number of nitrogens with zero attached hydrogens (tertiary/aromatic N) is 1. The van der Waals surface area contributed by atoms with Gasteiger partial charge in [0, 0.05) is 11.8 Å². The quantitative estimate of drug-likeness (QED) is 0.644. The van der Waals surface area contributed by atoms with Gasteiger partial charge in [0.2, 0.25) is 5.91 Å². The van der Waals surface area contributed by atoms with Gasteiger partial charge in [-0.1, -0.05) is 0 Å². The van der Waals surface area contributed by atoms with Crippen LogP contribution in [0, 0.1) is 6.92 Å². The number of carbonyl (C=O) groups is 3. The van der Waals surface area contributed by atoms with Gasteiger partial charge >= 0.3 is 0 Å². The van der Waals surface area contributed by atoms with Crippen molar-refractivity contribution in [1.82, 2.24) is 4.90 Å². The maximum absolute atomic E-state index is 12.3. The molecular weight excluding hydrogens is 344 g/mol. The minimum Gasteiger partial charge on any atom is -0.508 e. The molecule has 2 N–H and O–H groups in total. The highest BCUT2D eigenvalue weighted by Crippen LogP contribution is 2.32. The van der Waals surface area contributed by atoms with Crippen LogP contribution >= 0.6 is 11.8 Å². The molecule has 7 nitrogen and oxygen atoms in total. The molecule has 1 saturated heterocycles. The zero-order valence-corrected chi connectivity index (χ0v) is 14.0. The Morgan fingerprint density at radius 2 is 1.96 bits per heavy atom. The van der Waals surface area contributed by atoms with Gasteiger partial charge in [-0.15, -0.1) is 0 Å². The molecule has 128 valence electrons. The molecule has 0 aliphatic carbocycles. The van der Waals surface area contributed by atoms with Gasteiger partial charge in [0.1, 0.15) is 23.8 Å². The first-order valence-electron chi connectivity index (χ1n) is 7.33. The van der Waals surface area contributed by atoms with E-state index >= 15 is 0 Å². The number of phenolic OH excluding ortho intramolecular Hbond substituents is 1. The molecular formula is C17H14N2O5S. The fourth-order valence-corrected chi connectivity index (χ4v) is 3.00. The number of furan rings is 1. The Bertz CT molecular complexity index is 869. The normalized spacial score (nSPS) is 15.9. The first-order chi connectivity index (χ1) is 11.9. The van der Waals surface area contributed by atoms with Gasteiger partial charge in [-0.25, -0.2) is 0 Å². The molecule has 1 aromatic carbocycles. The van der Waals surface area contributed by atoms with Gasteiger partial charge in [-0.05, 0) is 55.1 Å². The highest BCUT2D eigenvalue weighted by Gasteiger charge is 2.36. The molecule has 0 bridgehead atoms. The van der Waals surface area contributed by atoms with Crippen LogP contribution in [0.15, 0.2) is 45.7 Å². The molecule has 3 rings (SSSR count). The summed E-state index contributed by atoms with van der Waals surface area (Å²) in [4.78, 5) is 37.5. The number of benzene rings is 1. The number of imide groups is 1. The Morgan fingerprint density at radius 3 is 2.60 bits per heavy atom. The van der Waals surface area contributed by atoms with Crippen LogP contribution in [0.4, 0.5) is 10.5 Å². The highest BCUT2D eigenvalue weighted by molar-refractivity contribution is 8.18. The van der Waals surface area contributed by atoms with Crippen LogP contribution < -0.4 is 5.32 Å². The summed E-state index contributed by atoms with van der Waals surface area (Å²) in [5.41, 5.74) is 0.455. The van der Waals surface area contributed by atoms with Gasteiger partial charge in [-0.3, -0.25) is 19.3 Å². The van der Waals surface area contributed by atoms with Gasteiger partial charge in [0.05, 0.1) is 4.91 Å². The lowest BCUT2D eigenvalue weighted by Crippen LogP contribution is -2.36. The first-order valence-corrected chi connectivity index (χ1v) is 8.15. The van der Waals surface area contributed by atoms with E-state index in [4.69, 9.17) is 4.42 Å². The lowest BCUT2D eigenvalue weighted by atomic mass is 10.3. The number of amides is 3. The molecule has 0 saturated carbocycles. The van der Waals surface area contributed by atoms with Gasteiger partial charge in [0.15, 0.2) is 0 Å². The van der Waals surface area contributed by atoms with Crippen molar-refractivity contribution in [2.24, 2.45) is 0 Å². The predicted octanol–water partition coefficient (Wildman–Crippen LogP) is 2.97. The monoisotopic (exact) mass is 358 g/mol. The smallest absolute Gasteiger partial charge is 0.294 e. The fraction of sp³-hybridized carbons (Fsp3) is 0.118. The summed E-state index contributed by atoms with van der Waals surface area (Å²) in [5, 5.41) is 11.3. The zero-order valence-electron chi connectivity index (χ0n) is 13.2. The minimum absolute atomic E-state index is 0.0715. The van der Waals surface area contributed by atoms with E-state index in [1.165, 1.54) is 30.3 Å². The van der Waals surface area contributed by atoms with Crippen molar-refractivity contribution < 1.29 is 23.9 Å². The molecule has 2 heterocycles. The van der Waals surface area contributed by atoms with Crippen molar-refractivity contribution in [3.8, 4) is 5.75 Å². The summed E-state index contributed by atoms with van der Waals surface area (Å²) < 4.78 is 5.36. The summed E-state index contributed by atoms with van der Waals surface area (Å²) in [5.74, 6) is 0.186. The van der Waals surface area contributed by atoms with Gasteiger partial charge in [0.25, 0.3) is 11.1 Å². The average Bonchev–Trinajstić information content (AvgIpc) is 3.08. The van der Waals surface area contributed by atoms with E-state index in [-0.39, 0.29) is 17.2 Å². The van der Waals surface area contributed by atoms with E-state index in [9.17, 15) is 19.5 Å². The molecule has 0 unspecified atom stereocenters. The summed E-state index contributed by atoms with van der Waals surface area (Å²) in [6.45, 7) is 1.39. The van der Waals surface area contributed by atoms with Gasteiger partial charge in [-0.2, -0.15) is 0 Å². The largest absolute Gasteiger partial charge is 0.508 e. The second kappa shape index (κ2) is 6.86. The molecule has 2 aromatic rings. The number of hydrogen-bond donors (Lipinski definition) is 2. The van der Waals surface area contributed by atoms with Crippen LogP contribution in [-0.4, -0.2) is 33.6 Å². The average molecular weight is 358 g/mol. The van der Waals surface area contributed by atoms with E-state index in [1.807, 2.05) is 0 Å². The van der Waals surface area contributed by atoms with Crippen LogP contribution in [0.1, 0.15) is 11.5 Å². The third-order valence-corrected chi connectivity index (χ3v) is 4.27. The molecule has 25 heavy (non-hydrogen) atoms. The standard InChI is InChI=1S/C17H14N2O5S/c1-10-2-7-13(24-10)8-14-16(22)19(17(23)25-14)9-15(21)18-11-3-5-12(20)6-4-11/h2-8,20H,9H2,1H3,(H,18,21)/b14-8-. The Labute approximate surface area is 147 Å². The van der Waals surface area contributed by atoms with Crippen molar-refractivity contribution in [3.63, 3.8) is 0 Å². The first kappa shape index (κ1) is 16.8. The fourth-order valence-electron chi connectivity index (χ4n) is 2.19. The highest BCUT2D eigenvalue weighted by atomic mass is 32.2. The topological polar surface area (TPSA) is 99.9 Å². The Morgan fingerprint density at radius 1 is 1.24 bits per heavy atom. The number of anilines is 1. The number of thioether (sulfide) groups is 1. The lowest BCUT2D eigenvalue weighted by molar-refractivity contribution is -0.127. The van der Waals surface area contributed by atoms with Crippen molar-refractivity contribution >= 4 is 40.6 Å². The van der Waals surface area contributed by atoms with Crippen LogP contribution in [0.25, 0.3) is 6.08 Å². The number of phenols is 1. The van der Waals surface area contributed by atoms with Crippen molar-refractivity contribution in [1.29, 1.82) is 0 Å². The Balaban J connectivity index is 1.67. The SMILES string of the molecule is Cc1ccc(/C=C2\SC(=O)N(CC(=O)Nc3ccc(O)cc3)C2=O)o1. The number of aryl methyl sites for hydroxylation is 1. The number of nitrogens with one attached hydrogen (secondary N) is 1. The minimum atomic E-state index is -0.537. The molecule has 0 radical (unpaired) electrons. The number of hydrogen-bond acceptors (Lipinski definition) is 6. The maximum atomic E-state index is 12.3. The molecule has 1 aliphatic rings. The molecule has 0 atom stereocenters. The molecule has 1 aliphatic heterocycles. The number of carbonyl (C=O) groups excluding carboxylic acids is 3. The summed E-state index contributed by atoms with van der Waals surface area (Å²) in [6.07, 6.45) is 1.48. The van der Waals surface area contributed by atoms with Crippen molar-refractivity contribution in [2.75, 3.05) is 11.9 Å². The Kier molecular flexibility index (Phi) is 4.62. The number of aromatic hydroxyl groups is 1. The lowest BCUT2D eigenvalue weighted by Gasteiger charge is -2.12. The van der Waals surface area contributed by atoms with Gasteiger partial charge < -0.3 is 14.8 Å². The van der Waals surface area contributed by atoms with E-state index in [1.54, 1.807) is 19.1 Å². The van der Waals surface area contributed by atoms with Crippen LogP contribution in [0.2, 0.25) is 0 Å². The number of rotatable bonds is 4. The summed E-state index contributed by atoms with van der Waals surface area (Å²) >= 11 is 0.762. The molecule has 1 fully saturated rings. The van der Waals surface area contributed by atoms with E-state index in [0.29, 0.717) is 17.2 Å². The van der Waals surface area contributed by atoms with Crippen LogP contribution in [0.3, 0.4) is 0 Å². The third-order valence-electron chi connectivity index (χ3n) is 3.36. The summed E-state index contributed by atoms with van der Waals surface area (Å²) in [7, 11) is 0. The second-order valence-electron chi connectivity index (χ2n) is 5.31. The molecule has 0 spiro atoms. The maximum Gasteiger partial charge on any atom is 0.294 e. The molecule has 3 amide bonds. The predicted molar refractivity (Wildman–Crippen MR) is 92.9 cm³/mol. The molecule has 8 heteroatoms. The third kappa shape index (κ3) is 3.92. The van der Waals surface area contributed by atoms with Crippen LogP contribution in [-0.2, 0) is 9.59 Å². The van der Waals surface area contributed by atoms with E-state index in [0.717, 1.165) is 16.7 Å². The Hall–Kier alpha value is -3.00.